The van der Waals surface area contributed by atoms with Crippen LogP contribution in [-0.4, -0.2) is 54.1 Å². The predicted molar refractivity (Wildman–Crippen MR) is 76.0 cm³/mol. The molecule has 0 saturated carbocycles. The summed E-state index contributed by atoms with van der Waals surface area (Å²) in [4.78, 5) is 37.9. The van der Waals surface area contributed by atoms with E-state index in [0.29, 0.717) is 18.8 Å². The van der Waals surface area contributed by atoms with Crippen LogP contribution in [0.3, 0.4) is 0 Å². The van der Waals surface area contributed by atoms with E-state index in [1.807, 2.05) is 6.07 Å². The number of hydrogen-bond donors (Lipinski definition) is 2. The van der Waals surface area contributed by atoms with Crippen LogP contribution < -0.4 is 10.2 Å². The van der Waals surface area contributed by atoms with Gasteiger partial charge in [-0.2, -0.15) is 0 Å². The maximum Gasteiger partial charge on any atom is 0.324 e. The first-order chi connectivity index (χ1) is 10.0. The molecule has 7 nitrogen and oxygen atoms in total. The van der Waals surface area contributed by atoms with E-state index in [1.54, 1.807) is 31.3 Å². The third-order valence-corrected chi connectivity index (χ3v) is 3.37. The highest BCUT2D eigenvalue weighted by atomic mass is 16.4. The number of amides is 3. The third-order valence-electron chi connectivity index (χ3n) is 3.37. The molecule has 1 aliphatic rings. The maximum atomic E-state index is 12.5. The average molecular weight is 291 g/mol. The highest BCUT2D eigenvalue weighted by Crippen LogP contribution is 2.17. The number of carbonyl (C=O) groups excluding carboxylic acids is 2. The van der Waals surface area contributed by atoms with E-state index in [9.17, 15) is 14.4 Å². The Morgan fingerprint density at radius 1 is 1.38 bits per heavy atom. The average Bonchev–Trinajstić information content (AvgIpc) is 2.48. The summed E-state index contributed by atoms with van der Waals surface area (Å²) >= 11 is 0. The number of benzene rings is 1. The first-order valence-electron chi connectivity index (χ1n) is 6.59. The minimum atomic E-state index is -1.11. The second kappa shape index (κ2) is 6.25. The van der Waals surface area contributed by atoms with Crippen molar-refractivity contribution in [3.63, 3.8) is 0 Å². The van der Waals surface area contributed by atoms with Gasteiger partial charge in [0.2, 0.25) is 5.91 Å². The predicted octanol–water partition coefficient (Wildman–Crippen LogP) is 0.518. The smallest absolute Gasteiger partial charge is 0.324 e. The summed E-state index contributed by atoms with van der Waals surface area (Å²) in [5.41, 5.74) is 0.683. The number of anilines is 1. The summed E-state index contributed by atoms with van der Waals surface area (Å²) in [6.07, 6.45) is -0.403. The number of hydrogen-bond acceptors (Lipinski definition) is 3. The lowest BCUT2D eigenvalue weighted by molar-refractivity contribution is -0.142. The van der Waals surface area contributed by atoms with Crippen LogP contribution in [0.25, 0.3) is 0 Å². The number of nitrogens with zero attached hydrogens (tertiary/aromatic N) is 2. The van der Waals surface area contributed by atoms with E-state index < -0.39 is 24.3 Å². The topological polar surface area (TPSA) is 90.0 Å². The SMILES string of the molecule is CN(C(=O)N1CCNC(=O)C1CC(=O)O)c1ccccc1. The van der Waals surface area contributed by atoms with Gasteiger partial charge in [-0.25, -0.2) is 4.79 Å². The molecule has 1 unspecified atom stereocenters. The van der Waals surface area contributed by atoms with E-state index in [-0.39, 0.29) is 6.03 Å². The van der Waals surface area contributed by atoms with Gasteiger partial charge in [0.1, 0.15) is 6.04 Å². The van der Waals surface area contributed by atoms with Gasteiger partial charge in [-0.15, -0.1) is 0 Å². The number of rotatable bonds is 3. The molecule has 2 N–H and O–H groups in total. The van der Waals surface area contributed by atoms with E-state index in [2.05, 4.69) is 5.32 Å². The second-order valence-electron chi connectivity index (χ2n) is 4.78. The summed E-state index contributed by atoms with van der Waals surface area (Å²) in [6, 6.07) is 7.62. The minimum absolute atomic E-state index is 0.291. The highest BCUT2D eigenvalue weighted by molar-refractivity contribution is 5.97. The van der Waals surface area contributed by atoms with E-state index >= 15 is 0 Å². The van der Waals surface area contributed by atoms with Crippen LogP contribution in [0, 0.1) is 0 Å². The number of aliphatic carboxylic acids is 1. The summed E-state index contributed by atoms with van der Waals surface area (Å²) < 4.78 is 0. The van der Waals surface area contributed by atoms with Crippen LogP contribution >= 0.6 is 0 Å². The maximum absolute atomic E-state index is 12.5. The fourth-order valence-electron chi connectivity index (χ4n) is 2.27. The molecule has 0 spiro atoms. The van der Waals surface area contributed by atoms with E-state index in [1.165, 1.54) is 9.80 Å². The Kier molecular flexibility index (Phi) is 4.42. The van der Waals surface area contributed by atoms with Crippen molar-refractivity contribution in [2.45, 2.75) is 12.5 Å². The molecule has 1 atom stereocenters. The van der Waals surface area contributed by atoms with Gasteiger partial charge < -0.3 is 15.3 Å². The molecule has 1 aromatic carbocycles. The lowest BCUT2D eigenvalue weighted by Gasteiger charge is -2.36. The normalized spacial score (nSPS) is 18.0. The zero-order valence-corrected chi connectivity index (χ0v) is 11.7. The molecule has 1 fully saturated rings. The van der Waals surface area contributed by atoms with Gasteiger partial charge in [-0.3, -0.25) is 14.5 Å². The Morgan fingerprint density at radius 3 is 2.67 bits per heavy atom. The largest absolute Gasteiger partial charge is 0.481 e. The molecular formula is C14H17N3O4. The molecule has 21 heavy (non-hydrogen) atoms. The first kappa shape index (κ1) is 14.8. The quantitative estimate of drug-likeness (QED) is 0.849. The van der Waals surface area contributed by atoms with Gasteiger partial charge in [0.25, 0.3) is 0 Å². The van der Waals surface area contributed by atoms with Crippen LogP contribution in [0.5, 0.6) is 0 Å². The number of urea groups is 1. The molecule has 0 bridgehead atoms. The molecule has 3 amide bonds. The van der Waals surface area contributed by atoms with Crippen LogP contribution in [0.4, 0.5) is 10.5 Å². The van der Waals surface area contributed by atoms with Crippen molar-refractivity contribution in [3.8, 4) is 0 Å². The second-order valence-corrected chi connectivity index (χ2v) is 4.78. The lowest BCUT2D eigenvalue weighted by atomic mass is 10.1. The van der Waals surface area contributed by atoms with Crippen molar-refractivity contribution >= 4 is 23.6 Å². The Morgan fingerprint density at radius 2 is 2.05 bits per heavy atom. The van der Waals surface area contributed by atoms with Crippen molar-refractivity contribution in [3.05, 3.63) is 30.3 Å². The van der Waals surface area contributed by atoms with Gasteiger partial charge in [0, 0.05) is 25.8 Å². The summed E-state index contributed by atoms with van der Waals surface area (Å²) in [7, 11) is 1.60. The number of carbonyl (C=O) groups is 3. The number of carboxylic acids is 1. The minimum Gasteiger partial charge on any atom is -0.481 e. The summed E-state index contributed by atoms with van der Waals surface area (Å²) in [5, 5.41) is 11.5. The molecule has 1 aromatic rings. The Balaban J connectivity index is 2.19. The molecule has 7 heteroatoms. The number of para-hydroxylation sites is 1. The summed E-state index contributed by atoms with van der Waals surface area (Å²) in [6.45, 7) is 0.614. The Labute approximate surface area is 122 Å². The van der Waals surface area contributed by atoms with Crippen LogP contribution in [-0.2, 0) is 9.59 Å². The third kappa shape index (κ3) is 3.31. The monoisotopic (exact) mass is 291 g/mol. The molecule has 0 aromatic heterocycles. The molecule has 1 aliphatic heterocycles. The van der Waals surface area contributed by atoms with Crippen molar-refractivity contribution in [1.29, 1.82) is 0 Å². The van der Waals surface area contributed by atoms with E-state index in [0.717, 1.165) is 0 Å². The van der Waals surface area contributed by atoms with E-state index in [4.69, 9.17) is 5.11 Å². The Bertz CT molecular complexity index is 546. The zero-order chi connectivity index (χ0) is 15.4. The van der Waals surface area contributed by atoms with Crippen LogP contribution in [0.15, 0.2) is 30.3 Å². The lowest BCUT2D eigenvalue weighted by Crippen LogP contribution is -2.60. The van der Waals surface area contributed by atoms with Gasteiger partial charge in [-0.05, 0) is 12.1 Å². The van der Waals surface area contributed by atoms with Gasteiger partial charge in [-0.1, -0.05) is 18.2 Å². The molecule has 1 saturated heterocycles. The molecule has 2 rings (SSSR count). The molecule has 0 aliphatic carbocycles. The fourth-order valence-corrected chi connectivity index (χ4v) is 2.27. The van der Waals surface area contributed by atoms with Gasteiger partial charge >= 0.3 is 12.0 Å². The molecular weight excluding hydrogens is 274 g/mol. The van der Waals surface area contributed by atoms with Crippen molar-refractivity contribution in [2.75, 3.05) is 25.0 Å². The fraction of sp³-hybridized carbons (Fsp3) is 0.357. The standard InChI is InChI=1S/C14H17N3O4/c1-16(10-5-3-2-4-6-10)14(21)17-8-7-15-13(20)11(17)9-12(18)19/h2-6,11H,7-9H2,1H3,(H,15,20)(H,18,19). The van der Waals surface area contributed by atoms with Crippen molar-refractivity contribution < 1.29 is 19.5 Å². The molecule has 1 heterocycles. The molecule has 112 valence electrons. The van der Waals surface area contributed by atoms with Gasteiger partial charge in [0.05, 0.1) is 6.42 Å². The number of piperazine rings is 1. The zero-order valence-electron chi connectivity index (χ0n) is 11.7. The first-order valence-corrected chi connectivity index (χ1v) is 6.59. The van der Waals surface area contributed by atoms with Crippen LogP contribution in [0.2, 0.25) is 0 Å². The highest BCUT2D eigenvalue weighted by Gasteiger charge is 2.36. The van der Waals surface area contributed by atoms with Crippen molar-refractivity contribution in [1.82, 2.24) is 10.2 Å². The van der Waals surface area contributed by atoms with Crippen LogP contribution in [0.1, 0.15) is 6.42 Å². The van der Waals surface area contributed by atoms with Crippen molar-refractivity contribution in [2.24, 2.45) is 0 Å². The summed E-state index contributed by atoms with van der Waals surface area (Å²) in [5.74, 6) is -1.55. The Hall–Kier alpha value is -2.57. The van der Waals surface area contributed by atoms with Gasteiger partial charge in [0.15, 0.2) is 0 Å². The number of nitrogens with one attached hydrogen (secondary N) is 1. The molecule has 0 radical (unpaired) electrons. The number of carboxylic acid groups (broad SMARTS) is 1.